The minimum absolute atomic E-state index is 0.0814. The van der Waals surface area contributed by atoms with Gasteiger partial charge >= 0.3 is 0 Å². The van der Waals surface area contributed by atoms with Crippen molar-refractivity contribution in [3.8, 4) is 0 Å². The average molecular weight is 349 g/mol. The first-order valence-corrected chi connectivity index (χ1v) is 9.13. The summed E-state index contributed by atoms with van der Waals surface area (Å²) in [6, 6.07) is 13.9. The maximum atomic E-state index is 11.9. The molecule has 0 spiro atoms. The average Bonchev–Trinajstić information content (AvgIpc) is 2.67. The number of benzene rings is 1. The third kappa shape index (κ3) is 5.43. The molecule has 3 aromatic rings. The largest absolute Gasteiger partial charge is 0.353 e. The number of carbonyl (C=O) groups excluding carboxylic acids is 1. The van der Waals surface area contributed by atoms with Crippen molar-refractivity contribution in [3.05, 3.63) is 72.7 Å². The standard InChI is InChI=1S/C20H19N3OS/c24-20(22-10-3-13-25-18-8-11-21-12-9-18)7-6-16-14-17-4-1-2-5-19(17)23-15-16/h1-2,4-9,11-12,14-15H,3,10,13H2,(H,22,24)/b7-6+. The number of aromatic nitrogens is 2. The molecule has 0 saturated heterocycles. The highest BCUT2D eigenvalue weighted by Gasteiger charge is 1.98. The van der Waals surface area contributed by atoms with Crippen LogP contribution in [-0.4, -0.2) is 28.2 Å². The maximum absolute atomic E-state index is 11.9. The zero-order valence-corrected chi connectivity index (χ0v) is 14.6. The van der Waals surface area contributed by atoms with Gasteiger partial charge in [0.15, 0.2) is 0 Å². The first-order valence-electron chi connectivity index (χ1n) is 8.15. The summed E-state index contributed by atoms with van der Waals surface area (Å²) in [4.78, 5) is 21.5. The quantitative estimate of drug-likeness (QED) is 0.399. The summed E-state index contributed by atoms with van der Waals surface area (Å²) in [5, 5.41) is 3.97. The van der Waals surface area contributed by atoms with E-state index in [2.05, 4.69) is 15.3 Å². The number of nitrogens with zero attached hydrogens (tertiary/aromatic N) is 2. The summed E-state index contributed by atoms with van der Waals surface area (Å²) in [6.45, 7) is 0.664. The second kappa shape index (κ2) is 8.99. The number of carbonyl (C=O) groups is 1. The molecule has 0 saturated carbocycles. The van der Waals surface area contributed by atoms with Gasteiger partial charge in [0, 0.05) is 41.5 Å². The molecule has 0 bridgehead atoms. The zero-order chi connectivity index (χ0) is 17.3. The Hall–Kier alpha value is -2.66. The van der Waals surface area contributed by atoms with Crippen LogP contribution in [0.5, 0.6) is 0 Å². The van der Waals surface area contributed by atoms with Gasteiger partial charge in [0.2, 0.25) is 5.91 Å². The van der Waals surface area contributed by atoms with E-state index in [0.717, 1.165) is 28.6 Å². The Morgan fingerprint density at radius 2 is 2.00 bits per heavy atom. The first-order chi connectivity index (χ1) is 12.3. The second-order valence-electron chi connectivity index (χ2n) is 5.47. The molecular weight excluding hydrogens is 330 g/mol. The van der Waals surface area contributed by atoms with Crippen molar-refractivity contribution in [1.82, 2.24) is 15.3 Å². The molecule has 1 aromatic carbocycles. The van der Waals surface area contributed by atoms with Gasteiger partial charge in [0.05, 0.1) is 5.52 Å². The van der Waals surface area contributed by atoms with Crippen LogP contribution in [0.4, 0.5) is 0 Å². The number of fused-ring (bicyclic) bond motifs is 1. The summed E-state index contributed by atoms with van der Waals surface area (Å²) in [5.74, 6) is 0.879. The van der Waals surface area contributed by atoms with E-state index in [0.29, 0.717) is 6.54 Å². The number of pyridine rings is 2. The number of nitrogens with one attached hydrogen (secondary N) is 1. The summed E-state index contributed by atoms with van der Waals surface area (Å²) in [5.41, 5.74) is 1.87. The van der Waals surface area contributed by atoms with E-state index in [1.807, 2.05) is 42.5 Å². The number of hydrogen-bond acceptors (Lipinski definition) is 4. The van der Waals surface area contributed by atoms with Gasteiger partial charge in [-0.15, -0.1) is 11.8 Å². The lowest BCUT2D eigenvalue weighted by atomic mass is 10.1. The van der Waals surface area contributed by atoms with Crippen LogP contribution in [0.15, 0.2) is 72.0 Å². The highest BCUT2D eigenvalue weighted by molar-refractivity contribution is 7.99. The van der Waals surface area contributed by atoms with E-state index in [1.54, 1.807) is 42.5 Å². The normalized spacial score (nSPS) is 11.0. The molecular formula is C20H19N3OS. The number of rotatable bonds is 7. The Bertz CT molecular complexity index is 865. The molecule has 25 heavy (non-hydrogen) atoms. The first kappa shape index (κ1) is 17.2. The van der Waals surface area contributed by atoms with Crippen molar-refractivity contribution in [1.29, 1.82) is 0 Å². The van der Waals surface area contributed by atoms with Crippen LogP contribution in [0.25, 0.3) is 17.0 Å². The number of amides is 1. The molecule has 0 unspecified atom stereocenters. The number of para-hydroxylation sites is 1. The minimum atomic E-state index is -0.0814. The molecule has 126 valence electrons. The van der Waals surface area contributed by atoms with Crippen LogP contribution in [-0.2, 0) is 4.79 Å². The van der Waals surface area contributed by atoms with Gasteiger partial charge in [0.1, 0.15) is 0 Å². The smallest absolute Gasteiger partial charge is 0.244 e. The van der Waals surface area contributed by atoms with E-state index in [-0.39, 0.29) is 5.91 Å². The van der Waals surface area contributed by atoms with Crippen LogP contribution in [0.3, 0.4) is 0 Å². The predicted molar refractivity (Wildman–Crippen MR) is 103 cm³/mol. The number of thioether (sulfide) groups is 1. The van der Waals surface area contributed by atoms with E-state index in [9.17, 15) is 4.79 Å². The fraction of sp³-hybridized carbons (Fsp3) is 0.150. The van der Waals surface area contributed by atoms with Crippen molar-refractivity contribution in [2.24, 2.45) is 0 Å². The van der Waals surface area contributed by atoms with Gasteiger partial charge in [-0.3, -0.25) is 14.8 Å². The van der Waals surface area contributed by atoms with Gasteiger partial charge in [-0.1, -0.05) is 18.2 Å². The molecule has 1 N–H and O–H groups in total. The third-order valence-corrected chi connectivity index (χ3v) is 4.68. The molecule has 0 aliphatic rings. The Kier molecular flexibility index (Phi) is 6.17. The summed E-state index contributed by atoms with van der Waals surface area (Å²) < 4.78 is 0. The summed E-state index contributed by atoms with van der Waals surface area (Å²) in [6.07, 6.45) is 9.62. The summed E-state index contributed by atoms with van der Waals surface area (Å²) in [7, 11) is 0. The topological polar surface area (TPSA) is 54.9 Å². The Balaban J connectivity index is 1.41. The maximum Gasteiger partial charge on any atom is 0.244 e. The molecule has 0 atom stereocenters. The SMILES string of the molecule is O=C(/C=C/c1cnc2ccccc2c1)NCCCSc1ccncc1. The monoisotopic (exact) mass is 349 g/mol. The lowest BCUT2D eigenvalue weighted by molar-refractivity contribution is -0.116. The van der Waals surface area contributed by atoms with Crippen LogP contribution in [0, 0.1) is 0 Å². The molecule has 0 fully saturated rings. The second-order valence-corrected chi connectivity index (χ2v) is 6.64. The van der Waals surface area contributed by atoms with Crippen LogP contribution in [0.1, 0.15) is 12.0 Å². The van der Waals surface area contributed by atoms with Crippen molar-refractivity contribution in [2.45, 2.75) is 11.3 Å². The van der Waals surface area contributed by atoms with Gasteiger partial charge in [-0.25, -0.2) is 0 Å². The van der Waals surface area contributed by atoms with Crippen LogP contribution < -0.4 is 5.32 Å². The number of hydrogen-bond donors (Lipinski definition) is 1. The van der Waals surface area contributed by atoms with Gasteiger partial charge in [-0.2, -0.15) is 0 Å². The van der Waals surface area contributed by atoms with Crippen molar-refractivity contribution in [2.75, 3.05) is 12.3 Å². The summed E-state index contributed by atoms with van der Waals surface area (Å²) >= 11 is 1.77. The molecule has 1 amide bonds. The molecule has 3 rings (SSSR count). The fourth-order valence-electron chi connectivity index (χ4n) is 2.32. The zero-order valence-electron chi connectivity index (χ0n) is 13.8. The lowest BCUT2D eigenvalue weighted by Gasteiger charge is -2.03. The molecule has 2 aromatic heterocycles. The highest BCUT2D eigenvalue weighted by Crippen LogP contribution is 2.16. The lowest BCUT2D eigenvalue weighted by Crippen LogP contribution is -2.22. The van der Waals surface area contributed by atoms with Crippen LogP contribution in [0.2, 0.25) is 0 Å². The fourth-order valence-corrected chi connectivity index (χ4v) is 3.16. The third-order valence-electron chi connectivity index (χ3n) is 3.58. The van der Waals surface area contributed by atoms with E-state index in [4.69, 9.17) is 0 Å². The molecule has 5 heteroatoms. The van der Waals surface area contributed by atoms with E-state index < -0.39 is 0 Å². The Morgan fingerprint density at radius 3 is 2.88 bits per heavy atom. The highest BCUT2D eigenvalue weighted by atomic mass is 32.2. The van der Waals surface area contributed by atoms with Crippen molar-refractivity contribution < 1.29 is 4.79 Å². The van der Waals surface area contributed by atoms with Crippen molar-refractivity contribution >= 4 is 34.6 Å². The molecule has 2 heterocycles. The Labute approximate surface area is 151 Å². The van der Waals surface area contributed by atoms with Gasteiger partial charge in [-0.05, 0) is 48.1 Å². The van der Waals surface area contributed by atoms with Gasteiger partial charge < -0.3 is 5.32 Å². The van der Waals surface area contributed by atoms with Crippen molar-refractivity contribution in [3.63, 3.8) is 0 Å². The van der Waals surface area contributed by atoms with E-state index in [1.165, 1.54) is 4.90 Å². The molecule has 0 aliphatic heterocycles. The predicted octanol–water partition coefficient (Wildman–Crippen LogP) is 3.94. The minimum Gasteiger partial charge on any atom is -0.353 e. The van der Waals surface area contributed by atoms with Gasteiger partial charge in [0.25, 0.3) is 0 Å². The van der Waals surface area contributed by atoms with E-state index >= 15 is 0 Å². The molecule has 4 nitrogen and oxygen atoms in total. The molecule has 0 aliphatic carbocycles. The van der Waals surface area contributed by atoms with Crippen LogP contribution >= 0.6 is 11.8 Å². The molecule has 0 radical (unpaired) electrons. The Morgan fingerprint density at radius 1 is 1.16 bits per heavy atom.